The Morgan fingerprint density at radius 2 is 1.44 bits per heavy atom. The predicted molar refractivity (Wildman–Crippen MR) is 126 cm³/mol. The molecule has 12 nitrogen and oxygen atoms in total. The van der Waals surface area contributed by atoms with Crippen LogP contribution in [0.25, 0.3) is 0 Å². The van der Waals surface area contributed by atoms with Gasteiger partial charge in [0.25, 0.3) is 0 Å². The van der Waals surface area contributed by atoms with Crippen LogP contribution in [0.4, 0.5) is 14.4 Å². The minimum Gasteiger partial charge on any atom is -0.480 e. The zero-order chi connectivity index (χ0) is 27.3. The van der Waals surface area contributed by atoms with Crippen LogP contribution in [-0.4, -0.2) is 67.0 Å². The maximum Gasteiger partial charge on any atom is 0.514 e. The third-order valence-electron chi connectivity index (χ3n) is 4.17. The Kier molecular flexibility index (Phi) is 13.1. The normalized spacial score (nSPS) is 12.4. The van der Waals surface area contributed by atoms with Crippen molar-refractivity contribution in [3.63, 3.8) is 0 Å². The number of ether oxygens (including phenoxy) is 6. The summed E-state index contributed by atoms with van der Waals surface area (Å²) in [6.07, 6.45) is -3.80. The summed E-state index contributed by atoms with van der Waals surface area (Å²) in [7, 11) is 0. The predicted octanol–water partition coefficient (Wildman–Crippen LogP) is 4.07. The highest BCUT2D eigenvalue weighted by atomic mass is 16.8. The molecule has 0 bridgehead atoms. The first-order valence-corrected chi connectivity index (χ1v) is 11.6. The second-order valence-electron chi connectivity index (χ2n) is 8.35. The molecular weight excluding hydrogens is 478 g/mol. The van der Waals surface area contributed by atoms with Crippen molar-refractivity contribution in [1.29, 1.82) is 0 Å². The van der Waals surface area contributed by atoms with Crippen LogP contribution in [0.15, 0.2) is 18.2 Å². The number of carboxylic acids is 1. The van der Waals surface area contributed by atoms with Crippen LogP contribution in [-0.2, 0) is 30.2 Å². The van der Waals surface area contributed by atoms with Gasteiger partial charge in [-0.3, -0.25) is 4.79 Å². The summed E-state index contributed by atoms with van der Waals surface area (Å²) in [4.78, 5) is 47.3. The fourth-order valence-electron chi connectivity index (χ4n) is 2.67. The van der Waals surface area contributed by atoms with E-state index in [0.29, 0.717) is 12.0 Å². The smallest absolute Gasteiger partial charge is 0.480 e. The van der Waals surface area contributed by atoms with E-state index in [1.807, 2.05) is 6.92 Å². The molecule has 0 aliphatic heterocycles. The lowest BCUT2D eigenvalue weighted by molar-refractivity contribution is -0.139. The van der Waals surface area contributed by atoms with Gasteiger partial charge in [-0.1, -0.05) is 13.0 Å². The highest BCUT2D eigenvalue weighted by Gasteiger charge is 2.23. The quantitative estimate of drug-likeness (QED) is 0.222. The molecule has 0 spiro atoms. The summed E-state index contributed by atoms with van der Waals surface area (Å²) in [5.74, 6) is -1.42. The van der Waals surface area contributed by atoms with Gasteiger partial charge in [0.15, 0.2) is 11.5 Å². The van der Waals surface area contributed by atoms with Gasteiger partial charge in [0, 0.05) is 6.54 Å². The molecule has 0 radical (unpaired) electrons. The molecule has 0 heterocycles. The highest BCUT2D eigenvalue weighted by molar-refractivity contribution is 5.74. The Morgan fingerprint density at radius 3 is 1.97 bits per heavy atom. The fraction of sp³-hybridized carbons (Fsp3) is 0.583. The number of carbonyl (C=O) groups is 4. The Hall–Kier alpha value is -3.54. The molecule has 0 amide bonds. The van der Waals surface area contributed by atoms with Crippen molar-refractivity contribution in [3.8, 4) is 11.5 Å². The second kappa shape index (κ2) is 15.5. The summed E-state index contributed by atoms with van der Waals surface area (Å²) < 4.78 is 30.1. The minimum atomic E-state index is -1.15. The first kappa shape index (κ1) is 30.5. The Bertz CT molecular complexity index is 885. The van der Waals surface area contributed by atoms with E-state index in [9.17, 15) is 24.3 Å². The molecule has 2 atom stereocenters. The zero-order valence-corrected chi connectivity index (χ0v) is 21.4. The number of benzene rings is 1. The van der Waals surface area contributed by atoms with Crippen LogP contribution in [0.1, 0.15) is 53.5 Å². The van der Waals surface area contributed by atoms with Crippen molar-refractivity contribution in [2.24, 2.45) is 0 Å². The lowest BCUT2D eigenvalue weighted by Gasteiger charge is -2.19. The van der Waals surface area contributed by atoms with E-state index in [4.69, 9.17) is 28.4 Å². The van der Waals surface area contributed by atoms with E-state index >= 15 is 0 Å². The number of carbonyl (C=O) groups excluding carboxylic acids is 3. The van der Waals surface area contributed by atoms with Crippen molar-refractivity contribution < 1.29 is 52.7 Å². The molecule has 0 aromatic heterocycles. The van der Waals surface area contributed by atoms with E-state index in [0.717, 1.165) is 0 Å². The average molecular weight is 514 g/mol. The van der Waals surface area contributed by atoms with Crippen molar-refractivity contribution >= 4 is 24.4 Å². The van der Waals surface area contributed by atoms with Gasteiger partial charge >= 0.3 is 24.4 Å². The first-order valence-electron chi connectivity index (χ1n) is 11.6. The summed E-state index contributed by atoms with van der Waals surface area (Å²) >= 11 is 0. The molecule has 1 aromatic rings. The number of aliphatic carboxylic acids is 1. The Balaban J connectivity index is 2.96. The molecule has 1 unspecified atom stereocenters. The molecular formula is C24H35NO11. The molecule has 202 valence electrons. The lowest BCUT2D eigenvalue weighted by atomic mass is 10.0. The molecule has 1 aromatic carbocycles. The molecule has 36 heavy (non-hydrogen) atoms. The van der Waals surface area contributed by atoms with Crippen molar-refractivity contribution in [3.05, 3.63) is 23.8 Å². The van der Waals surface area contributed by atoms with Crippen LogP contribution < -0.4 is 14.8 Å². The maximum absolute atomic E-state index is 12.0. The fourth-order valence-corrected chi connectivity index (χ4v) is 2.67. The van der Waals surface area contributed by atoms with Gasteiger partial charge in [0.2, 0.25) is 0 Å². The molecule has 0 fully saturated rings. The zero-order valence-electron chi connectivity index (χ0n) is 21.4. The van der Waals surface area contributed by atoms with Gasteiger partial charge in [-0.05, 0) is 65.2 Å². The topological polar surface area (TPSA) is 156 Å². The summed E-state index contributed by atoms with van der Waals surface area (Å²) in [6.45, 7) is 10.2. The van der Waals surface area contributed by atoms with Crippen LogP contribution in [0.3, 0.4) is 0 Å². The minimum absolute atomic E-state index is 0.0331. The third kappa shape index (κ3) is 12.2. The van der Waals surface area contributed by atoms with Crippen molar-refractivity contribution in [1.82, 2.24) is 5.32 Å². The molecule has 0 saturated carbocycles. The van der Waals surface area contributed by atoms with E-state index in [1.165, 1.54) is 18.2 Å². The van der Waals surface area contributed by atoms with Crippen LogP contribution >= 0.6 is 0 Å². The van der Waals surface area contributed by atoms with Crippen LogP contribution in [0, 0.1) is 0 Å². The first-order chi connectivity index (χ1) is 16.9. The molecule has 0 saturated heterocycles. The van der Waals surface area contributed by atoms with E-state index in [1.54, 1.807) is 34.6 Å². The third-order valence-corrected chi connectivity index (χ3v) is 4.17. The van der Waals surface area contributed by atoms with E-state index in [-0.39, 0.29) is 31.1 Å². The van der Waals surface area contributed by atoms with Gasteiger partial charge in [-0.15, -0.1) is 0 Å². The van der Waals surface area contributed by atoms with Gasteiger partial charge in [0.1, 0.15) is 12.1 Å². The van der Waals surface area contributed by atoms with Gasteiger partial charge < -0.3 is 38.8 Å². The van der Waals surface area contributed by atoms with E-state index < -0.39 is 48.8 Å². The number of carboxylic acid groups (broad SMARTS) is 1. The lowest BCUT2D eigenvalue weighted by Crippen LogP contribution is -2.42. The average Bonchev–Trinajstić information content (AvgIpc) is 2.75. The molecule has 0 aliphatic rings. The van der Waals surface area contributed by atoms with Gasteiger partial charge in [-0.25, -0.2) is 14.4 Å². The molecule has 12 heteroatoms. The van der Waals surface area contributed by atoms with Crippen LogP contribution in [0.2, 0.25) is 0 Å². The largest absolute Gasteiger partial charge is 0.514 e. The van der Waals surface area contributed by atoms with Crippen LogP contribution in [0.5, 0.6) is 11.5 Å². The van der Waals surface area contributed by atoms with Gasteiger partial charge in [-0.2, -0.15) is 0 Å². The Labute approximate surface area is 210 Å². The number of hydrogen-bond donors (Lipinski definition) is 2. The summed E-state index contributed by atoms with van der Waals surface area (Å²) in [5.41, 5.74) is 0.447. The summed E-state index contributed by atoms with van der Waals surface area (Å²) in [6, 6.07) is 3.15. The summed E-state index contributed by atoms with van der Waals surface area (Å²) in [5, 5.41) is 12.4. The molecule has 2 N–H and O–H groups in total. The Morgan fingerprint density at radius 1 is 0.861 bits per heavy atom. The van der Waals surface area contributed by atoms with Gasteiger partial charge in [0.05, 0.1) is 18.8 Å². The van der Waals surface area contributed by atoms with E-state index in [2.05, 4.69) is 5.32 Å². The standard InChI is InChI=1S/C24H35NO11/c1-7-10-31-22(28)34-16(6)13-25-18(21(26)27)11-17-8-9-19(35-23(29)32-14(2)3)20(12-17)36-24(30)33-15(4)5/h8-9,12,14-16,18,25H,7,10-11,13H2,1-6H3,(H,26,27)/t16?,18-/m0/s1. The number of hydrogen-bond acceptors (Lipinski definition) is 11. The SMILES string of the molecule is CCCOC(=O)OC(C)CN[C@@H](Cc1ccc(OC(=O)OC(C)C)c(OC(=O)OC(C)C)c1)C(=O)O. The van der Waals surface area contributed by atoms with Crippen molar-refractivity contribution in [2.75, 3.05) is 13.2 Å². The highest BCUT2D eigenvalue weighted by Crippen LogP contribution is 2.30. The maximum atomic E-state index is 12.0. The molecule has 0 aliphatic carbocycles. The second-order valence-corrected chi connectivity index (χ2v) is 8.35. The van der Waals surface area contributed by atoms with Crippen molar-refractivity contribution in [2.45, 2.75) is 78.7 Å². The number of rotatable bonds is 13. The number of nitrogens with one attached hydrogen (secondary N) is 1. The molecule has 1 rings (SSSR count). The monoisotopic (exact) mass is 513 g/mol.